The number of nitrogens with zero attached hydrogens (tertiary/aromatic N) is 3. The number of aryl methyl sites for hydroxylation is 1. The molecule has 0 spiro atoms. The number of carbonyl (C=O) groups excluding carboxylic acids is 1. The van der Waals surface area contributed by atoms with Crippen molar-refractivity contribution >= 4 is 28.0 Å². The second-order valence-corrected chi connectivity index (χ2v) is 7.30. The van der Waals surface area contributed by atoms with Crippen LogP contribution in [0.3, 0.4) is 0 Å². The van der Waals surface area contributed by atoms with Gasteiger partial charge in [-0.25, -0.2) is 9.78 Å². The predicted molar refractivity (Wildman–Crippen MR) is 91.0 cm³/mol. The molecule has 8 heteroatoms. The van der Waals surface area contributed by atoms with Crippen molar-refractivity contribution in [3.05, 3.63) is 10.2 Å². The van der Waals surface area contributed by atoms with Crippen molar-refractivity contribution in [2.75, 3.05) is 25.1 Å². The molecular weight excluding hydrogens is 364 g/mol. The van der Waals surface area contributed by atoms with E-state index in [1.165, 1.54) is 0 Å². The van der Waals surface area contributed by atoms with Gasteiger partial charge >= 0.3 is 6.09 Å². The Labute approximate surface area is 144 Å². The molecule has 0 saturated carbocycles. The van der Waals surface area contributed by atoms with E-state index in [0.29, 0.717) is 18.4 Å². The maximum Gasteiger partial charge on any atom is 0.407 e. The molecule has 1 unspecified atom stereocenters. The van der Waals surface area contributed by atoms with Crippen LogP contribution in [0.1, 0.15) is 32.9 Å². The first-order valence-electron chi connectivity index (χ1n) is 7.52. The fraction of sp³-hybridized carbons (Fsp3) is 0.667. The molecule has 7 nitrogen and oxygen atoms in total. The number of nitrogens with one attached hydrogen (secondary N) is 1. The van der Waals surface area contributed by atoms with Gasteiger partial charge in [0, 0.05) is 13.1 Å². The van der Waals surface area contributed by atoms with Crippen LogP contribution in [0.5, 0.6) is 5.88 Å². The first kappa shape index (κ1) is 17.8. The van der Waals surface area contributed by atoms with E-state index < -0.39 is 11.7 Å². The lowest BCUT2D eigenvalue weighted by Crippen LogP contribution is -2.40. The van der Waals surface area contributed by atoms with Gasteiger partial charge in [-0.2, -0.15) is 4.98 Å². The van der Waals surface area contributed by atoms with Crippen LogP contribution in [0.25, 0.3) is 0 Å². The topological polar surface area (TPSA) is 76.6 Å². The van der Waals surface area contributed by atoms with Crippen molar-refractivity contribution in [1.82, 2.24) is 15.3 Å². The molecule has 0 aliphatic carbocycles. The lowest BCUT2D eigenvalue weighted by Gasteiger charge is -2.22. The summed E-state index contributed by atoms with van der Waals surface area (Å²) in [7, 11) is 1.58. The molecule has 1 amide bonds. The summed E-state index contributed by atoms with van der Waals surface area (Å²) in [6, 6.07) is 0.0170. The molecule has 1 atom stereocenters. The normalized spacial score (nSPS) is 18.0. The van der Waals surface area contributed by atoms with E-state index >= 15 is 0 Å². The highest BCUT2D eigenvalue weighted by Gasteiger charge is 2.28. The standard InChI is InChI=1S/C15H23BrN4O3/c1-9-11(16)12(22-5)19-13(17-9)20-7-6-10(8-20)18-14(21)23-15(2,3)4/h10H,6-8H2,1-5H3,(H,18,21). The van der Waals surface area contributed by atoms with Gasteiger partial charge in [0.25, 0.3) is 0 Å². The number of aromatic nitrogens is 2. The monoisotopic (exact) mass is 386 g/mol. The fourth-order valence-corrected chi connectivity index (χ4v) is 2.67. The van der Waals surface area contributed by atoms with Gasteiger partial charge in [-0.05, 0) is 50.0 Å². The van der Waals surface area contributed by atoms with Gasteiger partial charge in [-0.3, -0.25) is 0 Å². The summed E-state index contributed by atoms with van der Waals surface area (Å²) in [5.41, 5.74) is 0.317. The van der Waals surface area contributed by atoms with Crippen LogP contribution in [0.4, 0.5) is 10.7 Å². The minimum Gasteiger partial charge on any atom is -0.480 e. The third kappa shape index (κ3) is 4.70. The van der Waals surface area contributed by atoms with Crippen LogP contribution in [-0.4, -0.2) is 47.9 Å². The Kier molecular flexibility index (Phi) is 5.33. The average Bonchev–Trinajstić information content (AvgIpc) is 2.87. The van der Waals surface area contributed by atoms with E-state index in [-0.39, 0.29) is 6.04 Å². The zero-order valence-electron chi connectivity index (χ0n) is 14.1. The summed E-state index contributed by atoms with van der Waals surface area (Å²) in [5, 5.41) is 2.89. The van der Waals surface area contributed by atoms with Crippen LogP contribution < -0.4 is 15.0 Å². The molecule has 1 aromatic heterocycles. The maximum atomic E-state index is 11.8. The molecule has 128 valence electrons. The van der Waals surface area contributed by atoms with Crippen molar-refractivity contribution in [1.29, 1.82) is 0 Å². The molecule has 0 aromatic carbocycles. The van der Waals surface area contributed by atoms with E-state index in [2.05, 4.69) is 31.2 Å². The van der Waals surface area contributed by atoms with Crippen molar-refractivity contribution in [3.8, 4) is 5.88 Å². The third-order valence-corrected chi connectivity index (χ3v) is 4.27. The van der Waals surface area contributed by atoms with E-state index in [4.69, 9.17) is 9.47 Å². The van der Waals surface area contributed by atoms with Gasteiger partial charge in [-0.1, -0.05) is 0 Å². The highest BCUT2D eigenvalue weighted by atomic mass is 79.9. The van der Waals surface area contributed by atoms with Crippen molar-refractivity contribution in [2.24, 2.45) is 0 Å². The molecule has 0 radical (unpaired) electrons. The van der Waals surface area contributed by atoms with Crippen molar-refractivity contribution in [2.45, 2.75) is 45.8 Å². The first-order chi connectivity index (χ1) is 10.7. The number of alkyl carbamates (subject to hydrolysis) is 1. The van der Waals surface area contributed by atoms with Gasteiger partial charge in [0.1, 0.15) is 10.1 Å². The Balaban J connectivity index is 2.00. The summed E-state index contributed by atoms with van der Waals surface area (Å²) in [4.78, 5) is 22.8. The Morgan fingerprint density at radius 2 is 2.09 bits per heavy atom. The van der Waals surface area contributed by atoms with Crippen LogP contribution in [0.15, 0.2) is 4.47 Å². The summed E-state index contributed by atoms with van der Waals surface area (Å²) in [6.45, 7) is 8.84. The number of ether oxygens (including phenoxy) is 2. The van der Waals surface area contributed by atoms with Gasteiger partial charge in [0.05, 0.1) is 18.8 Å². The highest BCUT2D eigenvalue weighted by molar-refractivity contribution is 9.10. The second kappa shape index (κ2) is 6.90. The molecule has 23 heavy (non-hydrogen) atoms. The SMILES string of the molecule is COc1nc(N2CCC(NC(=O)OC(C)(C)C)C2)nc(C)c1Br. The fourth-order valence-electron chi connectivity index (χ4n) is 2.33. The number of hydrogen-bond donors (Lipinski definition) is 1. The summed E-state index contributed by atoms with van der Waals surface area (Å²) in [5.74, 6) is 1.12. The molecular formula is C15H23BrN4O3. The molecule has 1 aromatic rings. The van der Waals surface area contributed by atoms with Crippen molar-refractivity contribution < 1.29 is 14.3 Å². The number of hydrogen-bond acceptors (Lipinski definition) is 6. The number of rotatable bonds is 3. The molecule has 2 heterocycles. The number of methoxy groups -OCH3 is 1. The van der Waals surface area contributed by atoms with E-state index in [1.807, 2.05) is 32.6 Å². The number of carbonyl (C=O) groups is 1. The molecule has 1 aliphatic rings. The van der Waals surface area contributed by atoms with E-state index in [1.54, 1.807) is 7.11 Å². The number of halogens is 1. The summed E-state index contributed by atoms with van der Waals surface area (Å²) < 4.78 is 11.3. The molecule has 0 bridgehead atoms. The zero-order chi connectivity index (χ0) is 17.2. The van der Waals surface area contributed by atoms with E-state index in [9.17, 15) is 4.79 Å². The van der Waals surface area contributed by atoms with E-state index in [0.717, 1.165) is 23.1 Å². The first-order valence-corrected chi connectivity index (χ1v) is 8.31. The van der Waals surface area contributed by atoms with Crippen LogP contribution in [-0.2, 0) is 4.74 Å². The summed E-state index contributed by atoms with van der Waals surface area (Å²) >= 11 is 3.41. The minimum absolute atomic E-state index is 0.0170. The van der Waals surface area contributed by atoms with Crippen LogP contribution in [0.2, 0.25) is 0 Å². The summed E-state index contributed by atoms with van der Waals surface area (Å²) in [6.07, 6.45) is 0.426. The Bertz CT molecular complexity index is 589. The van der Waals surface area contributed by atoms with Crippen LogP contribution >= 0.6 is 15.9 Å². The van der Waals surface area contributed by atoms with Crippen molar-refractivity contribution in [3.63, 3.8) is 0 Å². The highest BCUT2D eigenvalue weighted by Crippen LogP contribution is 2.28. The third-order valence-electron chi connectivity index (χ3n) is 3.36. The smallest absolute Gasteiger partial charge is 0.407 e. The van der Waals surface area contributed by atoms with Gasteiger partial charge in [-0.15, -0.1) is 0 Å². The van der Waals surface area contributed by atoms with Gasteiger partial charge in [0.15, 0.2) is 0 Å². The number of amides is 1. The Morgan fingerprint density at radius 1 is 1.39 bits per heavy atom. The number of anilines is 1. The lowest BCUT2D eigenvalue weighted by atomic mass is 10.2. The second-order valence-electron chi connectivity index (χ2n) is 6.51. The quantitative estimate of drug-likeness (QED) is 0.860. The average molecular weight is 387 g/mol. The molecule has 2 rings (SSSR count). The largest absolute Gasteiger partial charge is 0.480 e. The molecule has 1 saturated heterocycles. The molecule has 1 fully saturated rings. The Hall–Kier alpha value is -1.57. The minimum atomic E-state index is -0.498. The molecule has 1 N–H and O–H groups in total. The Morgan fingerprint density at radius 3 is 2.70 bits per heavy atom. The maximum absolute atomic E-state index is 11.8. The zero-order valence-corrected chi connectivity index (χ0v) is 15.7. The van der Waals surface area contributed by atoms with Gasteiger partial charge in [0.2, 0.25) is 11.8 Å². The lowest BCUT2D eigenvalue weighted by molar-refractivity contribution is 0.0509. The van der Waals surface area contributed by atoms with Gasteiger partial charge < -0.3 is 19.7 Å². The molecule has 1 aliphatic heterocycles. The van der Waals surface area contributed by atoms with Crippen LogP contribution in [0, 0.1) is 6.92 Å². The predicted octanol–water partition coefficient (Wildman–Crippen LogP) is 2.66.